The van der Waals surface area contributed by atoms with Crippen LogP contribution in [0.25, 0.3) is 0 Å². The largest absolute Gasteiger partial charge is 0.311 e. The van der Waals surface area contributed by atoms with Crippen molar-refractivity contribution in [2.24, 2.45) is 0 Å². The minimum absolute atomic E-state index is 0.0755. The molecule has 0 saturated carbocycles. The van der Waals surface area contributed by atoms with E-state index < -0.39 is 0 Å². The summed E-state index contributed by atoms with van der Waals surface area (Å²) in [7, 11) is 1.73. The summed E-state index contributed by atoms with van der Waals surface area (Å²) in [6.07, 6.45) is 0. The zero-order chi connectivity index (χ0) is 14.7. The Bertz CT molecular complexity index is 687. The molecule has 0 unspecified atom stereocenters. The molecule has 0 aliphatic rings. The van der Waals surface area contributed by atoms with Gasteiger partial charge in [0.2, 0.25) is 0 Å². The van der Waals surface area contributed by atoms with Crippen LogP contribution in [0.4, 0.5) is 5.69 Å². The van der Waals surface area contributed by atoms with E-state index in [1.807, 2.05) is 25.1 Å². The van der Waals surface area contributed by atoms with Gasteiger partial charge in [-0.05, 0) is 48.9 Å². The van der Waals surface area contributed by atoms with Crippen molar-refractivity contribution in [3.05, 3.63) is 63.6 Å². The van der Waals surface area contributed by atoms with Gasteiger partial charge in [-0.1, -0.05) is 22.0 Å². The number of anilines is 1. The molecule has 2 aromatic rings. The van der Waals surface area contributed by atoms with E-state index in [9.17, 15) is 4.79 Å². The van der Waals surface area contributed by atoms with Gasteiger partial charge in [0.05, 0.1) is 11.6 Å². The van der Waals surface area contributed by atoms with Crippen LogP contribution in [0.2, 0.25) is 0 Å². The number of carbonyl (C=O) groups excluding carboxylic acids is 1. The third-order valence-electron chi connectivity index (χ3n) is 3.12. The third-order valence-corrected chi connectivity index (χ3v) is 3.61. The summed E-state index contributed by atoms with van der Waals surface area (Å²) >= 11 is 3.38. The highest BCUT2D eigenvalue weighted by Crippen LogP contribution is 2.21. The predicted molar refractivity (Wildman–Crippen MR) is 82.8 cm³/mol. The Morgan fingerprint density at radius 3 is 2.45 bits per heavy atom. The van der Waals surface area contributed by atoms with Gasteiger partial charge in [-0.2, -0.15) is 5.26 Å². The molecule has 0 radical (unpaired) electrons. The van der Waals surface area contributed by atoms with Crippen molar-refractivity contribution < 1.29 is 4.79 Å². The maximum atomic E-state index is 12.5. The topological polar surface area (TPSA) is 44.1 Å². The molecular weight excluding hydrogens is 316 g/mol. The number of nitriles is 1. The van der Waals surface area contributed by atoms with E-state index in [2.05, 4.69) is 22.0 Å². The van der Waals surface area contributed by atoms with Crippen molar-refractivity contribution in [3.63, 3.8) is 0 Å². The number of halogens is 1. The zero-order valence-corrected chi connectivity index (χ0v) is 12.8. The van der Waals surface area contributed by atoms with Gasteiger partial charge < -0.3 is 4.90 Å². The molecule has 20 heavy (non-hydrogen) atoms. The van der Waals surface area contributed by atoms with E-state index in [1.165, 1.54) is 0 Å². The minimum Gasteiger partial charge on any atom is -0.311 e. The fourth-order valence-electron chi connectivity index (χ4n) is 1.88. The number of benzene rings is 2. The van der Waals surface area contributed by atoms with E-state index in [4.69, 9.17) is 5.26 Å². The van der Waals surface area contributed by atoms with Crippen molar-refractivity contribution >= 4 is 27.5 Å². The monoisotopic (exact) mass is 328 g/mol. The molecule has 0 fully saturated rings. The number of rotatable bonds is 2. The number of hydrogen-bond donors (Lipinski definition) is 0. The highest BCUT2D eigenvalue weighted by molar-refractivity contribution is 9.10. The van der Waals surface area contributed by atoms with Crippen LogP contribution in [0, 0.1) is 18.3 Å². The standard InChI is InChI=1S/C16H13BrN2O/c1-11-3-6-13(17)9-15(11)16(20)19(2)14-7-4-12(10-18)5-8-14/h3-9H,1-2H3. The lowest BCUT2D eigenvalue weighted by Gasteiger charge is -2.18. The van der Waals surface area contributed by atoms with Gasteiger partial charge in [0.1, 0.15) is 0 Å². The van der Waals surface area contributed by atoms with E-state index in [-0.39, 0.29) is 5.91 Å². The first-order chi connectivity index (χ1) is 9.52. The predicted octanol–water partition coefficient (Wildman–Crippen LogP) is 3.91. The van der Waals surface area contributed by atoms with Gasteiger partial charge >= 0.3 is 0 Å². The molecule has 0 aliphatic heterocycles. The lowest BCUT2D eigenvalue weighted by Crippen LogP contribution is -2.26. The minimum atomic E-state index is -0.0755. The average Bonchev–Trinajstić information content (AvgIpc) is 2.48. The first-order valence-corrected chi connectivity index (χ1v) is 6.86. The van der Waals surface area contributed by atoms with Crippen LogP contribution in [0.3, 0.4) is 0 Å². The Morgan fingerprint density at radius 2 is 1.85 bits per heavy atom. The fraction of sp³-hybridized carbons (Fsp3) is 0.125. The average molecular weight is 329 g/mol. The molecule has 0 aromatic heterocycles. The van der Waals surface area contributed by atoms with Crippen LogP contribution in [-0.2, 0) is 0 Å². The van der Waals surface area contributed by atoms with Crippen LogP contribution >= 0.6 is 15.9 Å². The summed E-state index contributed by atoms with van der Waals surface area (Å²) in [5.41, 5.74) is 2.92. The van der Waals surface area contributed by atoms with Crippen molar-refractivity contribution in [1.29, 1.82) is 5.26 Å². The summed E-state index contributed by atoms with van der Waals surface area (Å²) in [5.74, 6) is -0.0755. The number of nitrogens with zero attached hydrogens (tertiary/aromatic N) is 2. The Labute approximate surface area is 126 Å². The van der Waals surface area contributed by atoms with Gasteiger partial charge in [0.25, 0.3) is 5.91 Å². The highest BCUT2D eigenvalue weighted by atomic mass is 79.9. The van der Waals surface area contributed by atoms with Gasteiger partial charge in [0, 0.05) is 22.8 Å². The first-order valence-electron chi connectivity index (χ1n) is 6.07. The maximum absolute atomic E-state index is 12.5. The number of aryl methyl sites for hydroxylation is 1. The SMILES string of the molecule is Cc1ccc(Br)cc1C(=O)N(C)c1ccc(C#N)cc1. The molecule has 0 heterocycles. The fourth-order valence-corrected chi connectivity index (χ4v) is 2.24. The molecule has 1 amide bonds. The van der Waals surface area contributed by atoms with Gasteiger partial charge in [0.15, 0.2) is 0 Å². The molecule has 0 aliphatic carbocycles. The molecule has 2 aromatic carbocycles. The normalized spacial score (nSPS) is 9.90. The molecule has 0 N–H and O–H groups in total. The van der Waals surface area contributed by atoms with Crippen LogP contribution in [0.1, 0.15) is 21.5 Å². The van der Waals surface area contributed by atoms with Crippen molar-refractivity contribution in [2.45, 2.75) is 6.92 Å². The lowest BCUT2D eigenvalue weighted by atomic mass is 10.1. The van der Waals surface area contributed by atoms with Crippen LogP contribution in [0.15, 0.2) is 46.9 Å². The summed E-state index contributed by atoms with van der Waals surface area (Å²) in [4.78, 5) is 14.1. The first kappa shape index (κ1) is 14.3. The molecule has 2 rings (SSSR count). The second-order valence-electron chi connectivity index (χ2n) is 4.48. The van der Waals surface area contributed by atoms with Crippen LogP contribution in [0.5, 0.6) is 0 Å². The van der Waals surface area contributed by atoms with E-state index in [0.29, 0.717) is 11.1 Å². The molecule has 100 valence electrons. The van der Waals surface area contributed by atoms with Crippen molar-refractivity contribution in [2.75, 3.05) is 11.9 Å². The quantitative estimate of drug-likeness (QED) is 0.838. The molecule has 4 heteroatoms. The smallest absolute Gasteiger partial charge is 0.258 e. The van der Waals surface area contributed by atoms with Gasteiger partial charge in [-0.3, -0.25) is 4.79 Å². The van der Waals surface area contributed by atoms with E-state index >= 15 is 0 Å². The molecule has 0 atom stereocenters. The number of carbonyl (C=O) groups is 1. The molecule has 0 spiro atoms. The molecule has 3 nitrogen and oxygen atoms in total. The summed E-state index contributed by atoms with van der Waals surface area (Å²) in [6.45, 7) is 1.91. The van der Waals surface area contributed by atoms with Crippen LogP contribution < -0.4 is 4.90 Å². The second-order valence-corrected chi connectivity index (χ2v) is 5.40. The number of amides is 1. The molecular formula is C16H13BrN2O. The Kier molecular flexibility index (Phi) is 4.21. The highest BCUT2D eigenvalue weighted by Gasteiger charge is 2.15. The maximum Gasteiger partial charge on any atom is 0.258 e. The van der Waals surface area contributed by atoms with Crippen molar-refractivity contribution in [1.82, 2.24) is 0 Å². The second kappa shape index (κ2) is 5.89. The summed E-state index contributed by atoms with van der Waals surface area (Å²) in [5, 5.41) is 8.79. The zero-order valence-electron chi connectivity index (χ0n) is 11.2. The Balaban J connectivity index is 2.32. The molecule has 0 bridgehead atoms. The Hall–Kier alpha value is -2.12. The summed E-state index contributed by atoms with van der Waals surface area (Å²) in [6, 6.07) is 14.6. The summed E-state index contributed by atoms with van der Waals surface area (Å²) < 4.78 is 0.875. The van der Waals surface area contributed by atoms with Crippen LogP contribution in [-0.4, -0.2) is 13.0 Å². The Morgan fingerprint density at radius 1 is 1.20 bits per heavy atom. The third kappa shape index (κ3) is 2.89. The van der Waals surface area contributed by atoms with Gasteiger partial charge in [-0.15, -0.1) is 0 Å². The number of hydrogen-bond acceptors (Lipinski definition) is 2. The molecule has 0 saturated heterocycles. The van der Waals surface area contributed by atoms with Gasteiger partial charge in [-0.25, -0.2) is 0 Å². The van der Waals surface area contributed by atoms with Crippen molar-refractivity contribution in [3.8, 4) is 6.07 Å². The van der Waals surface area contributed by atoms with E-state index in [1.54, 1.807) is 36.2 Å². The van der Waals surface area contributed by atoms with E-state index in [0.717, 1.165) is 15.7 Å². The lowest BCUT2D eigenvalue weighted by molar-refractivity contribution is 0.0992.